The van der Waals surface area contributed by atoms with Crippen LogP contribution in [0.15, 0.2) is 24.4 Å². The molecule has 0 saturated heterocycles. The quantitative estimate of drug-likeness (QED) is 0.381. The number of benzene rings is 1. The Morgan fingerprint density at radius 3 is 2.17 bits per heavy atom. The van der Waals surface area contributed by atoms with Gasteiger partial charge in [-0.1, -0.05) is 43.1 Å². The predicted octanol–water partition coefficient (Wildman–Crippen LogP) is 6.25. The number of nitrogens with zero attached hydrogens (tertiary/aromatic N) is 3. The Hall–Kier alpha value is -2.59. The van der Waals surface area contributed by atoms with Crippen LogP contribution in [0.2, 0.25) is 10.0 Å². The van der Waals surface area contributed by atoms with Crippen LogP contribution in [0.5, 0.6) is 0 Å². The molecule has 0 aliphatic heterocycles. The van der Waals surface area contributed by atoms with Gasteiger partial charge in [-0.15, -0.1) is 0 Å². The van der Waals surface area contributed by atoms with Crippen molar-refractivity contribution in [2.24, 2.45) is 35.0 Å². The van der Waals surface area contributed by atoms with Gasteiger partial charge in [0.2, 0.25) is 0 Å². The second-order valence-corrected chi connectivity index (χ2v) is 13.1. The molecule has 4 saturated carbocycles. The number of alkyl halides is 3. The van der Waals surface area contributed by atoms with Gasteiger partial charge < -0.3 is 10.0 Å². The van der Waals surface area contributed by atoms with Crippen LogP contribution in [0.1, 0.15) is 72.0 Å². The summed E-state index contributed by atoms with van der Waals surface area (Å²) in [6.07, 6.45) is -2.26. The third-order valence-corrected chi connectivity index (χ3v) is 10.6. The number of ketones is 1. The van der Waals surface area contributed by atoms with E-state index in [4.69, 9.17) is 23.2 Å². The van der Waals surface area contributed by atoms with Crippen LogP contribution in [-0.4, -0.2) is 50.0 Å². The van der Waals surface area contributed by atoms with E-state index in [-0.39, 0.29) is 45.7 Å². The highest BCUT2D eigenvalue weighted by Gasteiger charge is 2.64. The van der Waals surface area contributed by atoms with E-state index in [9.17, 15) is 32.7 Å². The number of carboxylic acid groups (broad SMARTS) is 1. The molecule has 1 amide bonds. The fourth-order valence-corrected chi connectivity index (χ4v) is 8.31. The second kappa shape index (κ2) is 9.21. The van der Waals surface area contributed by atoms with Crippen molar-refractivity contribution >= 4 is 40.9 Å². The van der Waals surface area contributed by atoms with Crippen LogP contribution >= 0.6 is 23.2 Å². The molecule has 0 spiro atoms. The molecule has 7 atom stereocenters. The molecule has 4 aliphatic rings. The number of hydrogen-bond acceptors (Lipinski definition) is 4. The molecule has 0 unspecified atom stereocenters. The number of carboxylic acids is 1. The molecule has 1 aromatic heterocycles. The summed E-state index contributed by atoms with van der Waals surface area (Å²) in [5.41, 5.74) is -1.65. The topological polar surface area (TPSA) is 92.5 Å². The molecule has 4 aliphatic carbocycles. The monoisotopic (exact) mass is 597 g/mol. The molecule has 7 nitrogen and oxygen atoms in total. The van der Waals surface area contributed by atoms with Gasteiger partial charge in [0.15, 0.2) is 11.5 Å². The molecule has 6 rings (SSSR count). The molecule has 214 valence electrons. The summed E-state index contributed by atoms with van der Waals surface area (Å²) in [5, 5.41) is 13.5. The average molecular weight is 598 g/mol. The smallest absolute Gasteiger partial charge is 0.433 e. The zero-order valence-corrected chi connectivity index (χ0v) is 23.3. The highest BCUT2D eigenvalue weighted by Crippen LogP contribution is 2.67. The van der Waals surface area contributed by atoms with Gasteiger partial charge in [0.1, 0.15) is 0 Å². The second-order valence-electron chi connectivity index (χ2n) is 12.3. The zero-order valence-electron chi connectivity index (χ0n) is 21.8. The van der Waals surface area contributed by atoms with Gasteiger partial charge in [-0.25, -0.2) is 0 Å². The first-order valence-electron chi connectivity index (χ1n) is 13.4. The first-order valence-corrected chi connectivity index (χ1v) is 14.1. The van der Waals surface area contributed by atoms with Crippen LogP contribution in [0.3, 0.4) is 0 Å². The molecule has 40 heavy (non-hydrogen) atoms. The summed E-state index contributed by atoms with van der Waals surface area (Å²) in [7, 11) is 0. The van der Waals surface area contributed by atoms with Crippen molar-refractivity contribution in [3.8, 4) is 0 Å². The molecule has 2 aromatic rings. The maximum Gasteiger partial charge on any atom is 0.433 e. The lowest BCUT2D eigenvalue weighted by molar-refractivity contribution is -0.146. The molecule has 0 bridgehead atoms. The van der Waals surface area contributed by atoms with E-state index in [2.05, 4.69) is 18.9 Å². The minimum Gasteiger partial charge on any atom is -0.481 e. The zero-order chi connectivity index (χ0) is 28.9. The van der Waals surface area contributed by atoms with Crippen molar-refractivity contribution in [2.75, 3.05) is 6.54 Å². The first kappa shape index (κ1) is 27.6. The number of carbonyl (C=O) groups excluding carboxylic acids is 2. The minimum atomic E-state index is -4.89. The Morgan fingerprint density at radius 2 is 1.65 bits per heavy atom. The predicted molar refractivity (Wildman–Crippen MR) is 139 cm³/mol. The number of rotatable bonds is 7. The minimum absolute atomic E-state index is 0.0250. The van der Waals surface area contributed by atoms with E-state index >= 15 is 0 Å². The molecule has 0 radical (unpaired) electrons. The highest BCUT2D eigenvalue weighted by molar-refractivity contribution is 6.40. The Balaban J connectivity index is 1.32. The SMILES string of the molecule is CC1(C)[C@@H]2C[C@H](N(CC(=O)c3c(Cl)cccc3Cl)C(=O)c3cnn([C@H]4C[C@@H]5[C@H](C4)[C@@H]5C(=O)O)c3C(F)(F)F)C[C@@H]21. The summed E-state index contributed by atoms with van der Waals surface area (Å²) >= 11 is 12.5. The van der Waals surface area contributed by atoms with E-state index in [0.29, 0.717) is 24.7 Å². The third kappa shape index (κ3) is 4.33. The van der Waals surface area contributed by atoms with Gasteiger partial charge in [-0.3, -0.25) is 19.1 Å². The largest absolute Gasteiger partial charge is 0.481 e. The number of aromatic nitrogens is 2. The van der Waals surface area contributed by atoms with Gasteiger partial charge in [0, 0.05) is 6.04 Å². The van der Waals surface area contributed by atoms with Gasteiger partial charge in [0.25, 0.3) is 5.91 Å². The summed E-state index contributed by atoms with van der Waals surface area (Å²) in [4.78, 5) is 39.9. The van der Waals surface area contributed by atoms with Crippen LogP contribution in [0, 0.1) is 35.0 Å². The van der Waals surface area contributed by atoms with Crippen molar-refractivity contribution in [1.29, 1.82) is 0 Å². The number of carbonyl (C=O) groups is 3. The maximum atomic E-state index is 14.5. The normalized spacial score (nSPS) is 31.4. The number of fused-ring (bicyclic) bond motifs is 2. The van der Waals surface area contributed by atoms with Crippen molar-refractivity contribution in [3.63, 3.8) is 0 Å². The fraction of sp³-hybridized carbons (Fsp3) is 0.571. The molecular formula is C28H28Cl2F3N3O4. The molecule has 1 aromatic carbocycles. The Morgan fingerprint density at radius 1 is 1.07 bits per heavy atom. The molecule has 4 fully saturated rings. The van der Waals surface area contributed by atoms with Crippen LogP contribution < -0.4 is 0 Å². The molecule has 1 N–H and O–H groups in total. The molecular weight excluding hydrogens is 570 g/mol. The lowest BCUT2D eigenvalue weighted by Gasteiger charge is -2.31. The number of aliphatic carboxylic acids is 1. The van der Waals surface area contributed by atoms with Gasteiger partial charge in [0.05, 0.1) is 45.9 Å². The Bertz CT molecular complexity index is 1380. The van der Waals surface area contributed by atoms with Crippen molar-refractivity contribution in [3.05, 3.63) is 51.3 Å². The van der Waals surface area contributed by atoms with Crippen molar-refractivity contribution in [2.45, 2.75) is 57.8 Å². The number of amides is 1. The number of hydrogen-bond donors (Lipinski definition) is 1. The van der Waals surface area contributed by atoms with Gasteiger partial charge >= 0.3 is 12.1 Å². The van der Waals surface area contributed by atoms with E-state index < -0.39 is 59.6 Å². The fourth-order valence-electron chi connectivity index (χ4n) is 7.71. The maximum absolute atomic E-state index is 14.5. The summed E-state index contributed by atoms with van der Waals surface area (Å²) in [6, 6.07) is 3.49. The Kier molecular flexibility index (Phi) is 6.35. The van der Waals surface area contributed by atoms with Gasteiger partial charge in [-0.2, -0.15) is 18.3 Å². The van der Waals surface area contributed by atoms with Crippen LogP contribution in [-0.2, 0) is 11.0 Å². The van der Waals surface area contributed by atoms with E-state index in [0.717, 1.165) is 10.9 Å². The van der Waals surface area contributed by atoms with E-state index in [1.54, 1.807) is 6.07 Å². The standard InChI is InChI=1S/C28H28Cl2F3N3O4/c1-27(2)17-8-12(9-18(17)27)35(11-21(37)23-19(29)4-3-5-20(23)30)25(38)16-10-34-36(24(16)28(31,32)33)13-6-14-15(7-13)22(14)26(39)40/h3-5,10,12-15,17-18,22H,6-9,11H2,1-2H3,(H,39,40)/t12-,13-,14+,15-,17+,18-,22+. The first-order chi connectivity index (χ1) is 18.7. The third-order valence-electron chi connectivity index (χ3n) is 9.94. The lowest BCUT2D eigenvalue weighted by atomic mass is 9.96. The van der Waals surface area contributed by atoms with E-state index in [1.165, 1.54) is 17.0 Å². The average Bonchev–Trinajstić information content (AvgIpc) is 3.34. The van der Waals surface area contributed by atoms with Gasteiger partial charge in [-0.05, 0) is 66.9 Å². The van der Waals surface area contributed by atoms with E-state index in [1.807, 2.05) is 0 Å². The lowest BCUT2D eigenvalue weighted by Crippen LogP contribution is -2.44. The molecule has 12 heteroatoms. The molecule has 1 heterocycles. The highest BCUT2D eigenvalue weighted by atomic mass is 35.5. The summed E-state index contributed by atoms with van der Waals surface area (Å²) < 4.78 is 44.3. The van der Waals surface area contributed by atoms with Crippen LogP contribution in [0.4, 0.5) is 13.2 Å². The summed E-state index contributed by atoms with van der Waals surface area (Å²) in [6.45, 7) is 3.79. The number of Topliss-reactive ketones (excluding diaryl/α,β-unsaturated/α-hetero) is 1. The van der Waals surface area contributed by atoms with Crippen molar-refractivity contribution in [1.82, 2.24) is 14.7 Å². The van der Waals surface area contributed by atoms with Crippen LogP contribution in [0.25, 0.3) is 0 Å². The summed E-state index contributed by atoms with van der Waals surface area (Å²) in [5.74, 6) is -2.65. The van der Waals surface area contributed by atoms with Crippen molar-refractivity contribution < 1.29 is 32.7 Å². The number of halogens is 5. The Labute approximate surface area is 238 Å².